The van der Waals surface area contributed by atoms with E-state index in [1.807, 2.05) is 39.8 Å². The van der Waals surface area contributed by atoms with E-state index in [0.29, 0.717) is 17.6 Å². The normalized spacial score (nSPS) is 11.6. The Kier molecular flexibility index (Phi) is 5.51. The molecule has 0 aliphatic carbocycles. The fraction of sp³-hybridized carbons (Fsp3) is 0.250. The van der Waals surface area contributed by atoms with Crippen molar-refractivity contribution in [2.45, 2.75) is 33.3 Å². The second kappa shape index (κ2) is 8.15. The molecular formula is C20H19ClF2N8O. The molecule has 1 N–H and O–H groups in total. The maximum atomic E-state index is 12.8. The van der Waals surface area contributed by atoms with Gasteiger partial charge in [0.2, 0.25) is 5.95 Å². The van der Waals surface area contributed by atoms with Gasteiger partial charge in [-0.1, -0.05) is 0 Å². The van der Waals surface area contributed by atoms with Crippen molar-refractivity contribution >= 4 is 23.2 Å². The monoisotopic (exact) mass is 460 g/mol. The fourth-order valence-corrected chi connectivity index (χ4v) is 3.22. The molecule has 166 valence electrons. The average Bonchev–Trinajstić information content (AvgIpc) is 3.22. The minimum Gasteiger partial charge on any atom is -0.420 e. The summed E-state index contributed by atoms with van der Waals surface area (Å²) in [5.41, 5.74) is 0.0884. The average molecular weight is 461 g/mol. The number of alkyl halides is 3. The number of benzene rings is 1. The summed E-state index contributed by atoms with van der Waals surface area (Å²) in [4.78, 5) is 13.5. The van der Waals surface area contributed by atoms with Gasteiger partial charge >= 0.3 is 5.57 Å². The van der Waals surface area contributed by atoms with Crippen LogP contribution in [0.5, 0.6) is 5.75 Å². The van der Waals surface area contributed by atoms with Gasteiger partial charge < -0.3 is 10.1 Å². The number of hydrogen-bond acceptors (Lipinski definition) is 7. The molecule has 0 bridgehead atoms. The summed E-state index contributed by atoms with van der Waals surface area (Å²) < 4.78 is 33.2. The van der Waals surface area contributed by atoms with Crippen molar-refractivity contribution in [1.82, 2.24) is 34.5 Å². The minimum atomic E-state index is -3.79. The van der Waals surface area contributed by atoms with Crippen molar-refractivity contribution in [3.05, 3.63) is 59.2 Å². The van der Waals surface area contributed by atoms with Crippen LogP contribution in [0.2, 0.25) is 0 Å². The Morgan fingerprint density at radius 1 is 0.844 bits per heavy atom. The lowest BCUT2D eigenvalue weighted by Crippen LogP contribution is -2.15. The van der Waals surface area contributed by atoms with E-state index in [1.54, 1.807) is 9.36 Å². The molecule has 4 rings (SSSR count). The Bertz CT molecular complexity index is 1200. The van der Waals surface area contributed by atoms with E-state index in [-0.39, 0.29) is 11.7 Å². The molecule has 3 heterocycles. The van der Waals surface area contributed by atoms with Crippen molar-refractivity contribution in [1.29, 1.82) is 0 Å². The van der Waals surface area contributed by atoms with E-state index in [4.69, 9.17) is 11.6 Å². The van der Waals surface area contributed by atoms with Gasteiger partial charge in [0, 0.05) is 28.7 Å². The first-order valence-electron chi connectivity index (χ1n) is 9.53. The molecule has 0 aliphatic heterocycles. The topological polar surface area (TPSA) is 95.6 Å². The van der Waals surface area contributed by atoms with Crippen LogP contribution >= 0.6 is 11.6 Å². The fourth-order valence-electron chi connectivity index (χ4n) is 3.13. The van der Waals surface area contributed by atoms with Crippen molar-refractivity contribution in [3.63, 3.8) is 0 Å². The number of nitrogens with zero attached hydrogens (tertiary/aromatic N) is 7. The van der Waals surface area contributed by atoms with Crippen LogP contribution in [-0.4, -0.2) is 40.1 Å². The predicted octanol–water partition coefficient (Wildman–Crippen LogP) is 4.39. The van der Waals surface area contributed by atoms with E-state index in [1.165, 1.54) is 24.3 Å². The molecule has 0 radical (unpaired) electrons. The van der Waals surface area contributed by atoms with Gasteiger partial charge in [-0.05, 0) is 64.1 Å². The Balaban J connectivity index is 1.72. The number of anilines is 2. The summed E-state index contributed by atoms with van der Waals surface area (Å²) in [6, 6.07) is 9.59. The van der Waals surface area contributed by atoms with Crippen LogP contribution < -0.4 is 10.1 Å². The quantitative estimate of drug-likeness (QED) is 0.426. The predicted molar refractivity (Wildman–Crippen MR) is 114 cm³/mol. The molecule has 4 aromatic rings. The van der Waals surface area contributed by atoms with Crippen molar-refractivity contribution in [3.8, 4) is 17.6 Å². The van der Waals surface area contributed by atoms with Gasteiger partial charge in [-0.2, -0.15) is 25.1 Å². The van der Waals surface area contributed by atoms with Crippen molar-refractivity contribution in [2.24, 2.45) is 0 Å². The van der Waals surface area contributed by atoms with Gasteiger partial charge in [0.25, 0.3) is 11.9 Å². The Morgan fingerprint density at radius 3 is 1.75 bits per heavy atom. The van der Waals surface area contributed by atoms with Gasteiger partial charge in [0.05, 0.1) is 11.4 Å². The summed E-state index contributed by atoms with van der Waals surface area (Å²) in [5, 5.41) is 11.9. The van der Waals surface area contributed by atoms with Gasteiger partial charge in [0.1, 0.15) is 5.75 Å². The van der Waals surface area contributed by atoms with Crippen LogP contribution in [-0.2, 0) is 0 Å². The molecule has 1 aromatic carbocycles. The highest BCUT2D eigenvalue weighted by Gasteiger charge is 2.27. The second-order valence-electron chi connectivity index (χ2n) is 7.13. The van der Waals surface area contributed by atoms with Crippen molar-refractivity contribution < 1.29 is 13.5 Å². The molecule has 0 fully saturated rings. The first kappa shape index (κ1) is 21.6. The molecule has 0 saturated carbocycles. The summed E-state index contributed by atoms with van der Waals surface area (Å²) in [5.74, 6) is 0.745. The smallest absolute Gasteiger partial charge is 0.420 e. The Morgan fingerprint density at radius 2 is 1.34 bits per heavy atom. The van der Waals surface area contributed by atoms with Gasteiger partial charge in [-0.15, -0.1) is 8.78 Å². The van der Waals surface area contributed by atoms with E-state index in [9.17, 15) is 8.78 Å². The lowest BCUT2D eigenvalue weighted by Gasteiger charge is -2.12. The molecule has 0 unspecified atom stereocenters. The molecule has 0 amide bonds. The molecular weight excluding hydrogens is 442 g/mol. The molecule has 3 aromatic heterocycles. The van der Waals surface area contributed by atoms with Gasteiger partial charge in [-0.3, -0.25) is 0 Å². The molecule has 0 atom stereocenters. The van der Waals surface area contributed by atoms with E-state index in [2.05, 4.69) is 35.2 Å². The first-order chi connectivity index (χ1) is 15.1. The van der Waals surface area contributed by atoms with Gasteiger partial charge in [-0.25, -0.2) is 9.36 Å². The third-order valence-electron chi connectivity index (χ3n) is 4.35. The zero-order valence-corrected chi connectivity index (χ0v) is 18.4. The third-order valence-corrected chi connectivity index (χ3v) is 4.43. The second-order valence-corrected chi connectivity index (χ2v) is 7.57. The number of nitrogens with one attached hydrogen (secondary N) is 1. The Labute approximate surface area is 187 Å². The summed E-state index contributed by atoms with van der Waals surface area (Å²) in [6.45, 7) is 7.54. The number of ether oxygens (including phenoxy) is 1. The molecule has 32 heavy (non-hydrogen) atoms. The number of aryl methyl sites for hydroxylation is 4. The molecule has 0 spiro atoms. The van der Waals surface area contributed by atoms with Crippen LogP contribution in [0.1, 0.15) is 22.8 Å². The Hall–Kier alpha value is -3.60. The van der Waals surface area contributed by atoms with Crippen molar-refractivity contribution in [2.75, 3.05) is 5.32 Å². The highest BCUT2D eigenvalue weighted by molar-refractivity contribution is 6.20. The number of hydrogen-bond donors (Lipinski definition) is 1. The summed E-state index contributed by atoms with van der Waals surface area (Å²) in [6.07, 6.45) is 0. The number of halogens is 3. The molecule has 12 heteroatoms. The van der Waals surface area contributed by atoms with Gasteiger partial charge in [0.15, 0.2) is 0 Å². The standard InChI is InChI=1S/C20H19ClF2N8O/c1-11-9-13(3)30(28-11)18-25-17(26-19(27-18)31-14(4)10-12(2)29-31)24-15-5-7-16(8-6-15)32-20(21,22)23/h5-10H,1-4H3,(H,24,25,26,27). The van der Waals surface area contributed by atoms with E-state index >= 15 is 0 Å². The number of rotatable bonds is 6. The zero-order valence-electron chi connectivity index (χ0n) is 17.6. The highest BCUT2D eigenvalue weighted by atomic mass is 35.5. The van der Waals surface area contributed by atoms with E-state index in [0.717, 1.165) is 22.8 Å². The SMILES string of the molecule is Cc1cc(C)n(-c2nc(Nc3ccc(OC(F)(F)Cl)cc3)nc(-n3nc(C)cc3C)n2)n1. The minimum absolute atomic E-state index is 0.0853. The van der Waals surface area contributed by atoms with Crippen LogP contribution in [0.15, 0.2) is 36.4 Å². The largest absolute Gasteiger partial charge is 0.487 e. The third kappa shape index (κ3) is 4.83. The maximum absolute atomic E-state index is 12.8. The molecule has 0 aliphatic rings. The maximum Gasteiger partial charge on any atom is 0.487 e. The summed E-state index contributed by atoms with van der Waals surface area (Å²) in [7, 11) is 0. The molecule has 0 saturated heterocycles. The number of aromatic nitrogens is 7. The van der Waals surface area contributed by atoms with Crippen LogP contribution in [0.25, 0.3) is 11.9 Å². The van der Waals surface area contributed by atoms with Crippen LogP contribution in [0.3, 0.4) is 0 Å². The van der Waals surface area contributed by atoms with Crippen LogP contribution in [0.4, 0.5) is 20.4 Å². The lowest BCUT2D eigenvalue weighted by atomic mass is 10.3. The lowest BCUT2D eigenvalue weighted by molar-refractivity contribution is -0.0964. The highest BCUT2D eigenvalue weighted by Crippen LogP contribution is 2.26. The zero-order chi connectivity index (χ0) is 23.0. The van der Waals surface area contributed by atoms with Crippen LogP contribution in [0, 0.1) is 27.7 Å². The van der Waals surface area contributed by atoms with E-state index < -0.39 is 5.57 Å². The summed E-state index contributed by atoms with van der Waals surface area (Å²) >= 11 is 4.80. The molecule has 9 nitrogen and oxygen atoms in total. The first-order valence-corrected chi connectivity index (χ1v) is 9.91.